The van der Waals surface area contributed by atoms with Crippen molar-refractivity contribution in [3.8, 4) is 0 Å². The number of hydrogen-bond donors (Lipinski definition) is 2. The molecule has 6 nitrogen and oxygen atoms in total. The summed E-state index contributed by atoms with van der Waals surface area (Å²) in [6.07, 6.45) is 0. The number of carbonyl (C=O) groups excluding carboxylic acids is 3. The SMILES string of the molecule is CCNC(=O)[C@@H](C)NC(=O)COC(=O)c1ccccc1Br. The Balaban J connectivity index is 2.45. The van der Waals surface area contributed by atoms with Crippen molar-refractivity contribution in [2.24, 2.45) is 0 Å². The molecular weight excluding hydrogens is 340 g/mol. The Labute approximate surface area is 131 Å². The monoisotopic (exact) mass is 356 g/mol. The summed E-state index contributed by atoms with van der Waals surface area (Å²) in [5.41, 5.74) is 0.335. The van der Waals surface area contributed by atoms with E-state index >= 15 is 0 Å². The van der Waals surface area contributed by atoms with Crippen LogP contribution in [0.2, 0.25) is 0 Å². The van der Waals surface area contributed by atoms with Crippen molar-refractivity contribution in [3.05, 3.63) is 34.3 Å². The van der Waals surface area contributed by atoms with Gasteiger partial charge >= 0.3 is 5.97 Å². The minimum absolute atomic E-state index is 0.289. The van der Waals surface area contributed by atoms with E-state index in [9.17, 15) is 14.4 Å². The normalized spacial score (nSPS) is 11.4. The number of esters is 1. The van der Waals surface area contributed by atoms with E-state index in [1.165, 1.54) is 0 Å². The van der Waals surface area contributed by atoms with Crippen molar-refractivity contribution in [3.63, 3.8) is 0 Å². The molecule has 0 radical (unpaired) electrons. The molecule has 0 bridgehead atoms. The summed E-state index contributed by atoms with van der Waals surface area (Å²) < 4.78 is 5.49. The number of halogens is 1. The summed E-state index contributed by atoms with van der Waals surface area (Å²) in [6, 6.07) is 6.06. The number of carbonyl (C=O) groups is 3. The maximum atomic E-state index is 11.8. The third-order valence-corrected chi connectivity index (χ3v) is 3.24. The molecule has 2 N–H and O–H groups in total. The van der Waals surface area contributed by atoms with E-state index in [1.807, 2.05) is 0 Å². The molecule has 21 heavy (non-hydrogen) atoms. The van der Waals surface area contributed by atoms with Crippen LogP contribution in [0.15, 0.2) is 28.7 Å². The van der Waals surface area contributed by atoms with Gasteiger partial charge in [-0.1, -0.05) is 12.1 Å². The molecule has 0 heterocycles. The van der Waals surface area contributed by atoms with Crippen LogP contribution >= 0.6 is 15.9 Å². The van der Waals surface area contributed by atoms with Gasteiger partial charge in [-0.25, -0.2) is 4.79 Å². The highest BCUT2D eigenvalue weighted by Gasteiger charge is 2.17. The van der Waals surface area contributed by atoms with Crippen LogP contribution in [0.1, 0.15) is 24.2 Å². The quantitative estimate of drug-likeness (QED) is 0.751. The second-order valence-corrected chi connectivity index (χ2v) is 5.09. The van der Waals surface area contributed by atoms with Gasteiger partial charge in [-0.15, -0.1) is 0 Å². The summed E-state index contributed by atoms with van der Waals surface area (Å²) in [5.74, 6) is -1.43. The molecule has 2 amide bonds. The van der Waals surface area contributed by atoms with Crippen LogP contribution in [0.5, 0.6) is 0 Å². The second-order valence-electron chi connectivity index (χ2n) is 4.24. The first-order valence-electron chi connectivity index (χ1n) is 6.44. The number of ether oxygens (including phenoxy) is 1. The lowest BCUT2D eigenvalue weighted by atomic mass is 10.2. The second kappa shape index (κ2) is 8.41. The summed E-state index contributed by atoms with van der Waals surface area (Å²) in [6.45, 7) is 3.38. The van der Waals surface area contributed by atoms with Gasteiger partial charge < -0.3 is 15.4 Å². The first-order chi connectivity index (χ1) is 9.95. The first kappa shape index (κ1) is 17.2. The van der Waals surface area contributed by atoms with E-state index in [1.54, 1.807) is 38.1 Å². The number of hydrogen-bond acceptors (Lipinski definition) is 4. The predicted molar refractivity (Wildman–Crippen MR) is 80.7 cm³/mol. The Morgan fingerprint density at radius 2 is 1.95 bits per heavy atom. The summed E-state index contributed by atoms with van der Waals surface area (Å²) in [7, 11) is 0. The third kappa shape index (κ3) is 5.55. The molecule has 0 fully saturated rings. The Kier molecular flexibility index (Phi) is 6.87. The number of likely N-dealkylation sites (N-methyl/N-ethyl adjacent to an activating group) is 1. The number of rotatable bonds is 6. The minimum Gasteiger partial charge on any atom is -0.452 e. The van der Waals surface area contributed by atoms with Gasteiger partial charge in [0.05, 0.1) is 5.56 Å². The summed E-state index contributed by atoms with van der Waals surface area (Å²) in [5, 5.41) is 5.03. The molecular formula is C14H17BrN2O4. The zero-order valence-electron chi connectivity index (χ0n) is 11.8. The molecule has 0 aliphatic carbocycles. The zero-order valence-corrected chi connectivity index (χ0v) is 13.4. The molecule has 7 heteroatoms. The van der Waals surface area contributed by atoms with Crippen molar-refractivity contribution >= 4 is 33.7 Å². The standard InChI is InChI=1S/C14H17BrN2O4/c1-3-16-13(19)9(2)17-12(18)8-21-14(20)10-6-4-5-7-11(10)15/h4-7,9H,3,8H2,1-2H3,(H,16,19)(H,17,18)/t9-/m1/s1. The van der Waals surface area contributed by atoms with Gasteiger partial charge in [-0.3, -0.25) is 9.59 Å². The van der Waals surface area contributed by atoms with Crippen molar-refractivity contribution in [2.45, 2.75) is 19.9 Å². The fraction of sp³-hybridized carbons (Fsp3) is 0.357. The van der Waals surface area contributed by atoms with Gasteiger partial charge in [-0.05, 0) is 41.9 Å². The Bertz CT molecular complexity index is 533. The van der Waals surface area contributed by atoms with Crippen molar-refractivity contribution in [2.75, 3.05) is 13.2 Å². The van der Waals surface area contributed by atoms with Gasteiger partial charge in [0.15, 0.2) is 6.61 Å². The van der Waals surface area contributed by atoms with Crippen LogP contribution in [0.4, 0.5) is 0 Å². The Morgan fingerprint density at radius 3 is 2.57 bits per heavy atom. The predicted octanol–water partition coefficient (Wildman–Crippen LogP) is 1.25. The lowest BCUT2D eigenvalue weighted by Crippen LogP contribution is -2.46. The lowest BCUT2D eigenvalue weighted by Gasteiger charge is -2.13. The molecule has 0 saturated carbocycles. The molecule has 1 rings (SSSR count). The summed E-state index contributed by atoms with van der Waals surface area (Å²) >= 11 is 3.23. The molecule has 114 valence electrons. The van der Waals surface area contributed by atoms with Crippen LogP contribution in [0, 0.1) is 0 Å². The highest BCUT2D eigenvalue weighted by atomic mass is 79.9. The molecule has 0 aliphatic heterocycles. The van der Waals surface area contributed by atoms with Crippen LogP contribution in [0.25, 0.3) is 0 Å². The largest absolute Gasteiger partial charge is 0.452 e. The van der Waals surface area contributed by atoms with Crippen molar-refractivity contribution in [1.29, 1.82) is 0 Å². The first-order valence-corrected chi connectivity index (χ1v) is 7.23. The van der Waals surface area contributed by atoms with Gasteiger partial charge in [0.1, 0.15) is 6.04 Å². The molecule has 1 aromatic carbocycles. The van der Waals surface area contributed by atoms with Crippen molar-refractivity contribution < 1.29 is 19.1 Å². The van der Waals surface area contributed by atoms with E-state index in [0.717, 1.165) is 0 Å². The van der Waals surface area contributed by atoms with E-state index < -0.39 is 24.5 Å². The van der Waals surface area contributed by atoms with Crippen LogP contribution in [0.3, 0.4) is 0 Å². The Hall–Kier alpha value is -1.89. The number of amides is 2. The average molecular weight is 357 g/mol. The van der Waals surface area contributed by atoms with Gasteiger partial charge in [0.2, 0.25) is 5.91 Å². The molecule has 1 aromatic rings. The molecule has 0 spiro atoms. The number of nitrogens with one attached hydrogen (secondary N) is 2. The van der Waals surface area contributed by atoms with Gasteiger partial charge in [0, 0.05) is 11.0 Å². The smallest absolute Gasteiger partial charge is 0.339 e. The maximum Gasteiger partial charge on any atom is 0.339 e. The highest BCUT2D eigenvalue weighted by Crippen LogP contribution is 2.16. The van der Waals surface area contributed by atoms with Crippen LogP contribution in [-0.2, 0) is 14.3 Å². The lowest BCUT2D eigenvalue weighted by molar-refractivity contribution is -0.130. The van der Waals surface area contributed by atoms with E-state index in [-0.39, 0.29) is 5.91 Å². The molecule has 1 atom stereocenters. The van der Waals surface area contributed by atoms with E-state index in [0.29, 0.717) is 16.6 Å². The highest BCUT2D eigenvalue weighted by molar-refractivity contribution is 9.10. The van der Waals surface area contributed by atoms with E-state index in [2.05, 4.69) is 26.6 Å². The third-order valence-electron chi connectivity index (χ3n) is 2.55. The fourth-order valence-corrected chi connectivity index (χ4v) is 1.96. The molecule has 0 aliphatic rings. The zero-order chi connectivity index (χ0) is 15.8. The molecule has 0 aromatic heterocycles. The fourth-order valence-electron chi connectivity index (χ4n) is 1.51. The van der Waals surface area contributed by atoms with Gasteiger partial charge in [0.25, 0.3) is 5.91 Å². The van der Waals surface area contributed by atoms with Crippen molar-refractivity contribution in [1.82, 2.24) is 10.6 Å². The van der Waals surface area contributed by atoms with E-state index in [4.69, 9.17) is 4.74 Å². The number of benzene rings is 1. The molecule has 0 saturated heterocycles. The minimum atomic E-state index is -0.681. The molecule has 0 unspecified atom stereocenters. The van der Waals surface area contributed by atoms with Gasteiger partial charge in [-0.2, -0.15) is 0 Å². The van der Waals surface area contributed by atoms with Crippen LogP contribution in [-0.4, -0.2) is 37.0 Å². The van der Waals surface area contributed by atoms with Crippen LogP contribution < -0.4 is 10.6 Å². The topological polar surface area (TPSA) is 84.5 Å². The maximum absolute atomic E-state index is 11.8. The Morgan fingerprint density at radius 1 is 1.29 bits per heavy atom. The average Bonchev–Trinajstić information content (AvgIpc) is 2.45. The summed E-state index contributed by atoms with van der Waals surface area (Å²) in [4.78, 5) is 34.8.